The van der Waals surface area contributed by atoms with Crippen LogP contribution in [0.5, 0.6) is 11.5 Å². The summed E-state index contributed by atoms with van der Waals surface area (Å²) < 4.78 is 98.3. The molecule has 1 unspecified atom stereocenters. The first kappa shape index (κ1) is 29.6. The molecule has 0 saturated heterocycles. The molecule has 8 heteroatoms. The van der Waals surface area contributed by atoms with Gasteiger partial charge < -0.3 is 9.47 Å². The van der Waals surface area contributed by atoms with Crippen molar-refractivity contribution in [2.75, 3.05) is 13.2 Å². The monoisotopic (exact) mass is 562 g/mol. The van der Waals surface area contributed by atoms with Gasteiger partial charge in [-0.2, -0.15) is 8.78 Å². The highest BCUT2D eigenvalue weighted by Crippen LogP contribution is 2.38. The van der Waals surface area contributed by atoms with Crippen molar-refractivity contribution in [1.82, 2.24) is 0 Å². The Morgan fingerprint density at radius 3 is 1.98 bits per heavy atom. The summed E-state index contributed by atoms with van der Waals surface area (Å²) in [5.74, 6) is -7.07. The third-order valence-corrected chi connectivity index (χ3v) is 7.29. The fraction of sp³-hybridized carbons (Fsp3) is 0.375. The van der Waals surface area contributed by atoms with E-state index in [0.717, 1.165) is 18.9 Å². The molecule has 0 radical (unpaired) electrons. The zero-order chi connectivity index (χ0) is 28.8. The summed E-state index contributed by atoms with van der Waals surface area (Å²) in [6, 6.07) is 7.96. The van der Waals surface area contributed by atoms with Gasteiger partial charge in [0.05, 0.1) is 13.2 Å². The van der Waals surface area contributed by atoms with Crippen LogP contribution in [-0.2, 0) is 6.42 Å². The lowest BCUT2D eigenvalue weighted by Gasteiger charge is -2.23. The van der Waals surface area contributed by atoms with E-state index in [1.54, 1.807) is 13.0 Å². The molecule has 0 aliphatic heterocycles. The van der Waals surface area contributed by atoms with Crippen LogP contribution in [-0.4, -0.2) is 13.2 Å². The van der Waals surface area contributed by atoms with Crippen LogP contribution in [0.4, 0.5) is 26.3 Å². The normalized spacial score (nSPS) is 15.2. The maximum absolute atomic E-state index is 15.1. The van der Waals surface area contributed by atoms with Gasteiger partial charge in [0.2, 0.25) is 11.6 Å². The second-order valence-corrected chi connectivity index (χ2v) is 9.92. The van der Waals surface area contributed by atoms with E-state index in [1.165, 1.54) is 24.3 Å². The number of allylic oxidation sites excluding steroid dienone is 2. The van der Waals surface area contributed by atoms with Crippen molar-refractivity contribution in [1.29, 1.82) is 0 Å². The highest BCUT2D eigenvalue weighted by Gasteiger charge is 2.24. The Kier molecular flexibility index (Phi) is 9.82. The van der Waals surface area contributed by atoms with Gasteiger partial charge in [-0.1, -0.05) is 37.6 Å². The number of rotatable bonds is 11. The number of unbranched alkanes of at least 4 members (excludes halogenated alkanes) is 1. The summed E-state index contributed by atoms with van der Waals surface area (Å²) in [5, 5.41) is 0. The first-order valence-electron chi connectivity index (χ1n) is 13.6. The summed E-state index contributed by atoms with van der Waals surface area (Å²) in [7, 11) is 0. The van der Waals surface area contributed by atoms with Crippen LogP contribution in [0.1, 0.15) is 63.5 Å². The number of aryl methyl sites for hydroxylation is 1. The molecule has 40 heavy (non-hydrogen) atoms. The molecule has 4 rings (SSSR count). The summed E-state index contributed by atoms with van der Waals surface area (Å²) in [6.07, 6.45) is 6.11. The van der Waals surface area contributed by atoms with Crippen molar-refractivity contribution in [3.05, 3.63) is 88.5 Å². The average molecular weight is 563 g/mol. The van der Waals surface area contributed by atoms with Crippen molar-refractivity contribution >= 4 is 5.57 Å². The molecule has 214 valence electrons. The quantitative estimate of drug-likeness (QED) is 0.171. The van der Waals surface area contributed by atoms with Gasteiger partial charge in [-0.15, -0.1) is 0 Å². The summed E-state index contributed by atoms with van der Waals surface area (Å²) >= 11 is 0. The second-order valence-electron chi connectivity index (χ2n) is 9.92. The zero-order valence-electron chi connectivity index (χ0n) is 22.6. The number of ether oxygens (including phenoxy) is 2. The molecule has 0 saturated carbocycles. The molecular weight excluding hydrogens is 530 g/mol. The lowest BCUT2D eigenvalue weighted by atomic mass is 9.83. The van der Waals surface area contributed by atoms with Crippen molar-refractivity contribution in [3.8, 4) is 22.6 Å². The molecule has 0 bridgehead atoms. The minimum Gasteiger partial charge on any atom is -0.491 e. The SMILES string of the molecule is CCCCOc1ccc(CCC2CC=C(c3ccc(-c4ccc(OCC)c(F)c4F)c(F)c3F)CC2)c(F)c1F. The van der Waals surface area contributed by atoms with Crippen molar-refractivity contribution < 1.29 is 35.8 Å². The van der Waals surface area contributed by atoms with Gasteiger partial charge in [-0.25, -0.2) is 17.6 Å². The van der Waals surface area contributed by atoms with Gasteiger partial charge in [0.25, 0.3) is 0 Å². The van der Waals surface area contributed by atoms with E-state index in [4.69, 9.17) is 9.47 Å². The fourth-order valence-corrected chi connectivity index (χ4v) is 4.97. The minimum atomic E-state index is -1.31. The highest BCUT2D eigenvalue weighted by molar-refractivity contribution is 5.72. The van der Waals surface area contributed by atoms with Gasteiger partial charge in [0.15, 0.2) is 34.8 Å². The van der Waals surface area contributed by atoms with Gasteiger partial charge in [-0.05, 0) is 80.7 Å². The van der Waals surface area contributed by atoms with E-state index in [0.29, 0.717) is 44.3 Å². The Hall–Kier alpha value is -3.42. The largest absolute Gasteiger partial charge is 0.491 e. The number of hydrogen-bond acceptors (Lipinski definition) is 2. The predicted octanol–water partition coefficient (Wildman–Crippen LogP) is 9.58. The summed E-state index contributed by atoms with van der Waals surface area (Å²) in [5.41, 5.74) is 0.176. The third kappa shape index (κ3) is 6.31. The Balaban J connectivity index is 1.43. The van der Waals surface area contributed by atoms with E-state index in [2.05, 4.69) is 0 Å². The van der Waals surface area contributed by atoms with E-state index in [9.17, 15) is 17.6 Å². The van der Waals surface area contributed by atoms with Crippen LogP contribution in [0.25, 0.3) is 16.7 Å². The molecule has 0 amide bonds. The molecule has 0 spiro atoms. The molecular formula is C32H32F6O2. The topological polar surface area (TPSA) is 18.5 Å². The fourth-order valence-electron chi connectivity index (χ4n) is 4.97. The van der Waals surface area contributed by atoms with Crippen LogP contribution in [0.3, 0.4) is 0 Å². The molecule has 1 aliphatic carbocycles. The second kappa shape index (κ2) is 13.3. The minimum absolute atomic E-state index is 0.0679. The number of halogens is 6. The average Bonchev–Trinajstić information content (AvgIpc) is 2.96. The van der Waals surface area contributed by atoms with Gasteiger partial charge in [0.1, 0.15) is 0 Å². The zero-order valence-corrected chi connectivity index (χ0v) is 22.6. The summed E-state index contributed by atoms with van der Waals surface area (Å²) in [4.78, 5) is 0. The first-order chi connectivity index (χ1) is 19.3. The standard InChI is InChI=1S/C32H32F6O2/c1-3-5-18-40-26-16-12-21(27(33)31(26)37)11-8-19-6-9-20(10-7-19)22-13-14-23(29(35)28(22)34)24-15-17-25(39-4-2)32(38)30(24)36/h9,12-17,19H,3-8,10-11,18H2,1-2H3. The molecule has 1 atom stereocenters. The molecule has 1 aliphatic rings. The van der Waals surface area contributed by atoms with Crippen LogP contribution < -0.4 is 9.47 Å². The maximum atomic E-state index is 15.1. The maximum Gasteiger partial charge on any atom is 0.201 e. The van der Waals surface area contributed by atoms with Crippen LogP contribution >= 0.6 is 0 Å². The number of benzene rings is 3. The van der Waals surface area contributed by atoms with Crippen molar-refractivity contribution in [2.45, 2.75) is 58.8 Å². The molecule has 0 aromatic heterocycles. The lowest BCUT2D eigenvalue weighted by molar-refractivity contribution is 0.288. The molecule has 0 heterocycles. The van der Waals surface area contributed by atoms with E-state index in [1.807, 2.05) is 13.0 Å². The highest BCUT2D eigenvalue weighted by atomic mass is 19.2. The Bertz CT molecular complexity index is 1380. The summed E-state index contributed by atoms with van der Waals surface area (Å²) in [6.45, 7) is 4.05. The molecule has 3 aromatic carbocycles. The third-order valence-electron chi connectivity index (χ3n) is 7.29. The van der Waals surface area contributed by atoms with E-state index >= 15 is 8.78 Å². The molecule has 3 aromatic rings. The predicted molar refractivity (Wildman–Crippen MR) is 143 cm³/mol. The van der Waals surface area contributed by atoms with Crippen LogP contribution in [0, 0.1) is 40.8 Å². The van der Waals surface area contributed by atoms with Gasteiger partial charge >= 0.3 is 0 Å². The van der Waals surface area contributed by atoms with Crippen LogP contribution in [0.2, 0.25) is 0 Å². The van der Waals surface area contributed by atoms with Crippen molar-refractivity contribution in [3.63, 3.8) is 0 Å². The number of hydrogen-bond donors (Lipinski definition) is 0. The van der Waals surface area contributed by atoms with Crippen LogP contribution in [0.15, 0.2) is 42.5 Å². The van der Waals surface area contributed by atoms with Gasteiger partial charge in [-0.3, -0.25) is 0 Å². The Labute approximate surface area is 230 Å². The smallest absolute Gasteiger partial charge is 0.201 e. The Morgan fingerprint density at radius 2 is 1.30 bits per heavy atom. The lowest BCUT2D eigenvalue weighted by Crippen LogP contribution is -2.09. The molecule has 0 N–H and O–H groups in total. The molecule has 0 fully saturated rings. The van der Waals surface area contributed by atoms with Gasteiger partial charge in [0, 0.05) is 16.7 Å². The molecule has 2 nitrogen and oxygen atoms in total. The van der Waals surface area contributed by atoms with Crippen molar-refractivity contribution in [2.24, 2.45) is 5.92 Å². The van der Waals surface area contributed by atoms with E-state index < -0.39 is 40.5 Å². The first-order valence-corrected chi connectivity index (χ1v) is 13.6. The van der Waals surface area contributed by atoms with E-state index in [-0.39, 0.29) is 40.7 Å². The Morgan fingerprint density at radius 1 is 0.700 bits per heavy atom.